The van der Waals surface area contributed by atoms with Crippen molar-refractivity contribution in [3.05, 3.63) is 39.9 Å². The molecule has 0 bridgehead atoms. The normalized spacial score (nSPS) is 9.71. The quantitative estimate of drug-likeness (QED) is 0.583. The summed E-state index contributed by atoms with van der Waals surface area (Å²) in [5, 5.41) is 12.8. The third-order valence-electron chi connectivity index (χ3n) is 1.93. The molecule has 0 aliphatic rings. The number of carbonyl (C=O) groups excluding carboxylic acids is 1. The highest BCUT2D eigenvalue weighted by Gasteiger charge is 2.05. The molecule has 0 aliphatic heterocycles. The molecule has 17 heavy (non-hydrogen) atoms. The van der Waals surface area contributed by atoms with Gasteiger partial charge in [0.1, 0.15) is 6.61 Å². The average molecular weight is 239 g/mol. The summed E-state index contributed by atoms with van der Waals surface area (Å²) in [6.07, 6.45) is -0.561. The van der Waals surface area contributed by atoms with E-state index in [1.54, 1.807) is 0 Å². The number of nitrogens with one attached hydrogen (secondary N) is 1. The number of nitrogens with two attached hydrogens (primary N) is 1. The van der Waals surface area contributed by atoms with Gasteiger partial charge in [-0.2, -0.15) is 0 Å². The van der Waals surface area contributed by atoms with Gasteiger partial charge < -0.3 is 15.8 Å². The van der Waals surface area contributed by atoms with Gasteiger partial charge in [-0.15, -0.1) is 0 Å². The highest BCUT2D eigenvalue weighted by molar-refractivity contribution is 5.67. The standard InChI is InChI=1S/C10H13N3O4/c11-5-6-12-10(14)17-7-8-1-3-9(4-2-8)13(15)16/h1-4H,5-7,11H2,(H,12,14). The zero-order valence-corrected chi connectivity index (χ0v) is 9.09. The lowest BCUT2D eigenvalue weighted by Gasteiger charge is -2.05. The maximum atomic E-state index is 11.1. The van der Waals surface area contributed by atoms with Crippen molar-refractivity contribution in [1.29, 1.82) is 0 Å². The Kier molecular flexibility index (Phi) is 4.89. The van der Waals surface area contributed by atoms with Gasteiger partial charge in [0.2, 0.25) is 0 Å². The highest BCUT2D eigenvalue weighted by atomic mass is 16.6. The molecule has 1 amide bonds. The summed E-state index contributed by atoms with van der Waals surface area (Å²) >= 11 is 0. The van der Waals surface area contributed by atoms with E-state index in [2.05, 4.69) is 5.32 Å². The Morgan fingerprint density at radius 1 is 1.41 bits per heavy atom. The highest BCUT2D eigenvalue weighted by Crippen LogP contribution is 2.12. The Labute approximate surface area is 97.7 Å². The van der Waals surface area contributed by atoms with Gasteiger partial charge >= 0.3 is 6.09 Å². The van der Waals surface area contributed by atoms with Crippen LogP contribution in [-0.2, 0) is 11.3 Å². The van der Waals surface area contributed by atoms with Crippen LogP contribution in [0.2, 0.25) is 0 Å². The summed E-state index contributed by atoms with van der Waals surface area (Å²) in [5.41, 5.74) is 5.88. The summed E-state index contributed by atoms with van der Waals surface area (Å²) in [6.45, 7) is 0.750. The van der Waals surface area contributed by atoms with Gasteiger partial charge in [-0.05, 0) is 17.7 Å². The van der Waals surface area contributed by atoms with E-state index >= 15 is 0 Å². The minimum atomic E-state index is -0.561. The van der Waals surface area contributed by atoms with Crippen molar-refractivity contribution in [2.45, 2.75) is 6.61 Å². The number of ether oxygens (including phenoxy) is 1. The van der Waals surface area contributed by atoms with Crippen LogP contribution in [0, 0.1) is 10.1 Å². The summed E-state index contributed by atoms with van der Waals surface area (Å²) in [7, 11) is 0. The third kappa shape index (κ3) is 4.47. The van der Waals surface area contributed by atoms with Crippen LogP contribution in [0.1, 0.15) is 5.56 Å². The second kappa shape index (κ2) is 6.44. The summed E-state index contributed by atoms with van der Waals surface area (Å²) in [6, 6.07) is 5.79. The minimum Gasteiger partial charge on any atom is -0.445 e. The Morgan fingerprint density at radius 2 is 2.06 bits per heavy atom. The second-order valence-corrected chi connectivity index (χ2v) is 3.22. The van der Waals surface area contributed by atoms with Gasteiger partial charge in [-0.25, -0.2) is 4.79 Å². The number of carbonyl (C=O) groups is 1. The Bertz CT molecular complexity index is 391. The van der Waals surface area contributed by atoms with E-state index in [0.717, 1.165) is 0 Å². The van der Waals surface area contributed by atoms with E-state index < -0.39 is 11.0 Å². The molecule has 0 aromatic heterocycles. The molecular formula is C10H13N3O4. The smallest absolute Gasteiger partial charge is 0.407 e. The topological polar surface area (TPSA) is 107 Å². The predicted molar refractivity (Wildman–Crippen MR) is 60.3 cm³/mol. The summed E-state index contributed by atoms with van der Waals surface area (Å²) in [5.74, 6) is 0. The van der Waals surface area contributed by atoms with Crippen LogP contribution in [0.5, 0.6) is 0 Å². The second-order valence-electron chi connectivity index (χ2n) is 3.22. The van der Waals surface area contributed by atoms with E-state index in [1.807, 2.05) is 0 Å². The van der Waals surface area contributed by atoms with Crippen molar-refractivity contribution < 1.29 is 14.5 Å². The number of non-ortho nitro benzene ring substituents is 1. The molecule has 3 N–H and O–H groups in total. The SMILES string of the molecule is NCCNC(=O)OCc1ccc([N+](=O)[O-])cc1. The molecule has 0 fully saturated rings. The summed E-state index contributed by atoms with van der Waals surface area (Å²) < 4.78 is 4.86. The molecule has 0 spiro atoms. The van der Waals surface area contributed by atoms with E-state index in [1.165, 1.54) is 24.3 Å². The van der Waals surface area contributed by atoms with Gasteiger partial charge in [0, 0.05) is 25.2 Å². The van der Waals surface area contributed by atoms with Crippen LogP contribution in [0.25, 0.3) is 0 Å². The molecule has 0 saturated carbocycles. The van der Waals surface area contributed by atoms with Crippen molar-refractivity contribution >= 4 is 11.8 Å². The number of nitro groups is 1. The van der Waals surface area contributed by atoms with Crippen LogP contribution >= 0.6 is 0 Å². The maximum absolute atomic E-state index is 11.1. The fourth-order valence-electron chi connectivity index (χ4n) is 1.09. The number of amides is 1. The van der Waals surface area contributed by atoms with Crippen molar-refractivity contribution in [3.63, 3.8) is 0 Å². The third-order valence-corrected chi connectivity index (χ3v) is 1.93. The fourth-order valence-corrected chi connectivity index (χ4v) is 1.09. The number of hydrogen-bond donors (Lipinski definition) is 2. The summed E-state index contributed by atoms with van der Waals surface area (Å²) in [4.78, 5) is 21.0. The average Bonchev–Trinajstić information content (AvgIpc) is 2.34. The molecule has 0 unspecified atom stereocenters. The van der Waals surface area contributed by atoms with Gasteiger partial charge in [-0.3, -0.25) is 10.1 Å². The first-order valence-corrected chi connectivity index (χ1v) is 4.97. The molecule has 0 saturated heterocycles. The van der Waals surface area contributed by atoms with Gasteiger partial charge in [-0.1, -0.05) is 0 Å². The van der Waals surface area contributed by atoms with Crippen LogP contribution in [0.3, 0.4) is 0 Å². The molecule has 1 aromatic rings. The van der Waals surface area contributed by atoms with Crippen LogP contribution < -0.4 is 11.1 Å². The van der Waals surface area contributed by atoms with Crippen molar-refractivity contribution in [1.82, 2.24) is 5.32 Å². The first-order chi connectivity index (χ1) is 8.13. The number of alkyl carbamates (subject to hydrolysis) is 1. The molecule has 0 radical (unpaired) electrons. The lowest BCUT2D eigenvalue weighted by Crippen LogP contribution is -2.29. The van der Waals surface area contributed by atoms with Gasteiger partial charge in [0.05, 0.1) is 4.92 Å². The molecule has 92 valence electrons. The van der Waals surface area contributed by atoms with Crippen molar-refractivity contribution in [2.75, 3.05) is 13.1 Å². The van der Waals surface area contributed by atoms with Gasteiger partial charge in [0.15, 0.2) is 0 Å². The Morgan fingerprint density at radius 3 is 2.59 bits per heavy atom. The molecule has 0 atom stereocenters. The van der Waals surface area contributed by atoms with Crippen LogP contribution in [-0.4, -0.2) is 24.1 Å². The lowest BCUT2D eigenvalue weighted by atomic mass is 10.2. The first kappa shape index (κ1) is 12.9. The Hall–Kier alpha value is -2.15. The van der Waals surface area contributed by atoms with Crippen molar-refractivity contribution in [3.8, 4) is 0 Å². The molecule has 7 nitrogen and oxygen atoms in total. The first-order valence-electron chi connectivity index (χ1n) is 4.97. The van der Waals surface area contributed by atoms with Crippen LogP contribution in [0.15, 0.2) is 24.3 Å². The molecule has 0 aliphatic carbocycles. The molecule has 0 heterocycles. The maximum Gasteiger partial charge on any atom is 0.407 e. The molecular weight excluding hydrogens is 226 g/mol. The monoisotopic (exact) mass is 239 g/mol. The fraction of sp³-hybridized carbons (Fsp3) is 0.300. The van der Waals surface area contributed by atoms with Crippen LogP contribution in [0.4, 0.5) is 10.5 Å². The zero-order valence-electron chi connectivity index (χ0n) is 9.09. The minimum absolute atomic E-state index is 0.00123. The molecule has 1 aromatic carbocycles. The zero-order chi connectivity index (χ0) is 12.7. The number of rotatable bonds is 5. The van der Waals surface area contributed by atoms with Crippen molar-refractivity contribution in [2.24, 2.45) is 5.73 Å². The van der Waals surface area contributed by atoms with E-state index in [9.17, 15) is 14.9 Å². The number of hydrogen-bond acceptors (Lipinski definition) is 5. The predicted octanol–water partition coefficient (Wildman–Crippen LogP) is 0.780. The number of nitrogens with zero attached hydrogens (tertiary/aromatic N) is 1. The Balaban J connectivity index is 2.42. The largest absolute Gasteiger partial charge is 0.445 e. The van der Waals surface area contributed by atoms with E-state index in [-0.39, 0.29) is 12.3 Å². The van der Waals surface area contributed by atoms with E-state index in [4.69, 9.17) is 10.5 Å². The van der Waals surface area contributed by atoms with E-state index in [0.29, 0.717) is 18.7 Å². The van der Waals surface area contributed by atoms with Gasteiger partial charge in [0.25, 0.3) is 5.69 Å². The molecule has 7 heteroatoms. The number of benzene rings is 1. The molecule has 1 rings (SSSR count). The number of nitro benzene ring substituents is 1. The lowest BCUT2D eigenvalue weighted by molar-refractivity contribution is -0.384.